The van der Waals surface area contributed by atoms with Gasteiger partial charge < -0.3 is 9.47 Å². The Labute approximate surface area is 152 Å². The number of hydrogen-bond donors (Lipinski definition) is 1. The van der Waals surface area contributed by atoms with Crippen LogP contribution in [0.15, 0.2) is 46.6 Å². The summed E-state index contributed by atoms with van der Waals surface area (Å²) in [4.78, 5) is 36.8. The van der Waals surface area contributed by atoms with Crippen molar-refractivity contribution in [3.05, 3.63) is 41.5 Å². The number of cyclic esters (lactones) is 1. The van der Waals surface area contributed by atoms with Crippen LogP contribution in [0.25, 0.3) is 0 Å². The molecule has 1 aromatic carbocycles. The number of benzene rings is 1. The fourth-order valence-corrected chi connectivity index (χ4v) is 2.39. The molecule has 1 aliphatic rings. The van der Waals surface area contributed by atoms with Crippen LogP contribution >= 0.6 is 0 Å². The normalized spacial score (nSPS) is 16.3. The second kappa shape index (κ2) is 7.95. The van der Waals surface area contributed by atoms with Gasteiger partial charge >= 0.3 is 11.9 Å². The number of hydrogen-bond acceptors (Lipinski definition) is 7. The summed E-state index contributed by atoms with van der Waals surface area (Å²) in [5.74, 6) is -1.93. The lowest BCUT2D eigenvalue weighted by Crippen LogP contribution is -2.24. The van der Waals surface area contributed by atoms with Gasteiger partial charge in [-0.3, -0.25) is 10.2 Å². The topological polar surface area (TPSA) is 94.1 Å². The number of ether oxygens (including phenoxy) is 2. The van der Waals surface area contributed by atoms with Gasteiger partial charge in [0.1, 0.15) is 11.2 Å². The van der Waals surface area contributed by atoms with E-state index in [-0.39, 0.29) is 24.3 Å². The lowest BCUT2D eigenvalue weighted by atomic mass is 9.94. The smallest absolute Gasteiger partial charge is 0.354 e. The summed E-state index contributed by atoms with van der Waals surface area (Å²) >= 11 is 0. The Morgan fingerprint density at radius 2 is 1.88 bits per heavy atom. The number of esters is 2. The Morgan fingerprint density at radius 1 is 1.23 bits per heavy atom. The Kier molecular flexibility index (Phi) is 5.92. The third-order valence-electron chi connectivity index (χ3n) is 4.04. The molecule has 7 nitrogen and oxygen atoms in total. The first kappa shape index (κ1) is 19.4. The molecule has 0 fully saturated rings. The molecule has 0 saturated heterocycles. The lowest BCUT2D eigenvalue weighted by molar-refractivity contribution is -0.145. The molecular formula is C19H22N2O5. The number of carbonyl (C=O) groups excluding carboxylic acids is 3. The standard InChI is InChI=1S/C19H22N2O5/c1-5-25-17(23)14(21-20-13-9-7-6-8-10-13)11-15(22)16-12(2)19(3,4)26-18(16)24/h6-10,20H,5,11H2,1-4H3/b21-14+. The fraction of sp³-hybridized carbons (Fsp3) is 0.368. The second-order valence-electron chi connectivity index (χ2n) is 6.26. The van der Waals surface area contributed by atoms with E-state index in [0.29, 0.717) is 11.3 Å². The average molecular weight is 358 g/mol. The number of Topliss-reactive ketones (excluding diaryl/α,β-unsaturated/α-hetero) is 1. The van der Waals surface area contributed by atoms with E-state index in [1.807, 2.05) is 6.07 Å². The summed E-state index contributed by atoms with van der Waals surface area (Å²) in [5, 5.41) is 4.01. The molecule has 1 heterocycles. The Hall–Kier alpha value is -2.96. The summed E-state index contributed by atoms with van der Waals surface area (Å²) in [7, 11) is 0. The van der Waals surface area contributed by atoms with Crippen molar-refractivity contribution in [1.82, 2.24) is 0 Å². The van der Waals surface area contributed by atoms with Crippen molar-refractivity contribution < 1.29 is 23.9 Å². The molecule has 1 N–H and O–H groups in total. The predicted octanol–water partition coefficient (Wildman–Crippen LogP) is 2.63. The van der Waals surface area contributed by atoms with Crippen molar-refractivity contribution in [2.45, 2.75) is 39.7 Å². The maximum Gasteiger partial charge on any atom is 0.354 e. The van der Waals surface area contributed by atoms with E-state index < -0.39 is 23.3 Å². The minimum absolute atomic E-state index is 0.0355. The first-order valence-electron chi connectivity index (χ1n) is 8.29. The van der Waals surface area contributed by atoms with E-state index in [1.54, 1.807) is 52.0 Å². The van der Waals surface area contributed by atoms with Crippen molar-refractivity contribution >= 4 is 29.1 Å². The maximum absolute atomic E-state index is 12.6. The van der Waals surface area contributed by atoms with Crippen molar-refractivity contribution in [1.29, 1.82) is 0 Å². The zero-order valence-corrected chi connectivity index (χ0v) is 15.3. The summed E-state index contributed by atoms with van der Waals surface area (Å²) < 4.78 is 10.2. The highest BCUT2D eigenvalue weighted by Crippen LogP contribution is 2.32. The van der Waals surface area contributed by atoms with Crippen LogP contribution in [0.5, 0.6) is 0 Å². The molecule has 1 aromatic rings. The third-order valence-corrected chi connectivity index (χ3v) is 4.04. The van der Waals surface area contributed by atoms with E-state index in [2.05, 4.69) is 10.5 Å². The van der Waals surface area contributed by atoms with Gasteiger partial charge in [0.25, 0.3) is 0 Å². The summed E-state index contributed by atoms with van der Waals surface area (Å²) in [6.07, 6.45) is -0.365. The van der Waals surface area contributed by atoms with Gasteiger partial charge in [-0.15, -0.1) is 0 Å². The van der Waals surface area contributed by atoms with Gasteiger partial charge in [-0.1, -0.05) is 18.2 Å². The van der Waals surface area contributed by atoms with Crippen LogP contribution < -0.4 is 5.43 Å². The summed E-state index contributed by atoms with van der Waals surface area (Å²) in [6, 6.07) is 8.97. The largest absolute Gasteiger partial charge is 0.461 e. The molecule has 0 radical (unpaired) electrons. The van der Waals surface area contributed by atoms with Crippen LogP contribution in [0.4, 0.5) is 5.69 Å². The lowest BCUT2D eigenvalue weighted by Gasteiger charge is -2.17. The molecule has 7 heteroatoms. The highest BCUT2D eigenvalue weighted by atomic mass is 16.6. The minimum Gasteiger partial charge on any atom is -0.461 e. The Balaban J connectivity index is 2.24. The predicted molar refractivity (Wildman–Crippen MR) is 96.6 cm³/mol. The van der Waals surface area contributed by atoms with Gasteiger partial charge in [-0.2, -0.15) is 5.10 Å². The number of nitrogens with zero attached hydrogens (tertiary/aromatic N) is 1. The monoisotopic (exact) mass is 358 g/mol. The number of carbonyl (C=O) groups is 3. The van der Waals surface area contributed by atoms with Crippen LogP contribution in [0.2, 0.25) is 0 Å². The Bertz CT molecular complexity index is 778. The van der Waals surface area contributed by atoms with Gasteiger partial charge in [-0.05, 0) is 45.4 Å². The highest BCUT2D eigenvalue weighted by molar-refractivity contribution is 6.42. The Morgan fingerprint density at radius 3 is 2.42 bits per heavy atom. The first-order valence-corrected chi connectivity index (χ1v) is 8.29. The van der Waals surface area contributed by atoms with E-state index in [9.17, 15) is 14.4 Å². The fourth-order valence-electron chi connectivity index (χ4n) is 2.39. The van der Waals surface area contributed by atoms with Crippen LogP contribution in [0, 0.1) is 0 Å². The molecule has 2 rings (SSSR count). The number of para-hydroxylation sites is 1. The van der Waals surface area contributed by atoms with E-state index in [0.717, 1.165) is 0 Å². The van der Waals surface area contributed by atoms with Gasteiger partial charge in [-0.25, -0.2) is 9.59 Å². The molecule has 0 spiro atoms. The summed E-state index contributed by atoms with van der Waals surface area (Å²) in [5.41, 5.74) is 2.92. The van der Waals surface area contributed by atoms with E-state index in [1.165, 1.54) is 0 Å². The zero-order chi connectivity index (χ0) is 19.3. The molecule has 0 amide bonds. The number of ketones is 1. The number of anilines is 1. The molecule has 0 unspecified atom stereocenters. The van der Waals surface area contributed by atoms with Gasteiger partial charge in [0.15, 0.2) is 11.5 Å². The minimum atomic E-state index is -0.842. The average Bonchev–Trinajstić information content (AvgIpc) is 2.79. The van der Waals surface area contributed by atoms with Crippen LogP contribution in [-0.4, -0.2) is 35.6 Å². The molecule has 1 aliphatic heterocycles. The molecule has 26 heavy (non-hydrogen) atoms. The molecule has 0 atom stereocenters. The number of nitrogens with one attached hydrogen (secondary N) is 1. The van der Waals surface area contributed by atoms with Crippen molar-refractivity contribution in [2.75, 3.05) is 12.0 Å². The second-order valence-corrected chi connectivity index (χ2v) is 6.26. The van der Waals surface area contributed by atoms with Crippen LogP contribution in [-0.2, 0) is 23.9 Å². The van der Waals surface area contributed by atoms with Crippen LogP contribution in [0.1, 0.15) is 34.1 Å². The van der Waals surface area contributed by atoms with E-state index >= 15 is 0 Å². The molecule has 138 valence electrons. The van der Waals surface area contributed by atoms with Gasteiger partial charge in [0, 0.05) is 0 Å². The number of rotatable bonds is 7. The molecular weight excluding hydrogens is 336 g/mol. The van der Waals surface area contributed by atoms with Gasteiger partial charge in [0.05, 0.1) is 18.7 Å². The van der Waals surface area contributed by atoms with Gasteiger partial charge in [0.2, 0.25) is 0 Å². The molecule has 0 saturated carbocycles. The summed E-state index contributed by atoms with van der Waals surface area (Å²) in [6.45, 7) is 6.89. The van der Waals surface area contributed by atoms with Crippen molar-refractivity contribution in [3.8, 4) is 0 Å². The number of hydrazone groups is 1. The van der Waals surface area contributed by atoms with Crippen molar-refractivity contribution in [2.24, 2.45) is 5.10 Å². The maximum atomic E-state index is 12.6. The van der Waals surface area contributed by atoms with Crippen molar-refractivity contribution in [3.63, 3.8) is 0 Å². The molecule has 0 aliphatic carbocycles. The third kappa shape index (κ3) is 4.36. The highest BCUT2D eigenvalue weighted by Gasteiger charge is 2.41. The first-order chi connectivity index (χ1) is 12.3. The quantitative estimate of drug-likeness (QED) is 0.348. The molecule has 0 aromatic heterocycles. The van der Waals surface area contributed by atoms with E-state index in [4.69, 9.17) is 9.47 Å². The SMILES string of the molecule is CCOC(=O)/C(CC(=O)C1=C(C)C(C)(C)OC1=O)=N/Nc1ccccc1. The van der Waals surface area contributed by atoms with Crippen LogP contribution in [0.3, 0.4) is 0 Å². The molecule has 0 bridgehead atoms. The zero-order valence-electron chi connectivity index (χ0n) is 15.3.